The van der Waals surface area contributed by atoms with Crippen molar-refractivity contribution in [1.82, 2.24) is 5.32 Å². The fourth-order valence-electron chi connectivity index (χ4n) is 2.78. The number of benzene rings is 1. The summed E-state index contributed by atoms with van der Waals surface area (Å²) in [5.74, 6) is -0.842. The Labute approximate surface area is 158 Å². The van der Waals surface area contributed by atoms with Crippen LogP contribution >= 0.6 is 11.8 Å². The van der Waals surface area contributed by atoms with E-state index < -0.39 is 28.4 Å². The number of ether oxygens (including phenoxy) is 2. The van der Waals surface area contributed by atoms with Gasteiger partial charge in [0.15, 0.2) is 0 Å². The predicted molar refractivity (Wildman–Crippen MR) is 100 cm³/mol. The van der Waals surface area contributed by atoms with Crippen LogP contribution in [0.3, 0.4) is 0 Å². The number of rotatable bonds is 5. The van der Waals surface area contributed by atoms with Crippen molar-refractivity contribution in [3.63, 3.8) is 0 Å². The van der Waals surface area contributed by atoms with Gasteiger partial charge in [-0.2, -0.15) is 0 Å². The zero-order valence-electron chi connectivity index (χ0n) is 15.7. The van der Waals surface area contributed by atoms with Crippen LogP contribution in [0, 0.1) is 0 Å². The lowest BCUT2D eigenvalue weighted by molar-refractivity contribution is -0.160. The van der Waals surface area contributed by atoms with Gasteiger partial charge < -0.3 is 19.9 Å². The van der Waals surface area contributed by atoms with E-state index in [-0.39, 0.29) is 0 Å². The van der Waals surface area contributed by atoms with E-state index in [1.807, 2.05) is 20.8 Å². The average Bonchev–Trinajstić information content (AvgIpc) is 2.58. The molecule has 1 fully saturated rings. The summed E-state index contributed by atoms with van der Waals surface area (Å²) in [6, 6.07) is 6.79. The smallest absolute Gasteiger partial charge is 0.337 e. The standard InChI is InChI=1S/C19H27NO5S/c1-18(2,3)25-17(22)15(19(23)9-11-20-12-10-19)26-14-7-5-13(6-8-14)16(21)24-4/h5-8,15,20,23H,9-12H2,1-4H3. The van der Waals surface area contributed by atoms with Crippen LogP contribution in [0.15, 0.2) is 29.2 Å². The zero-order valence-corrected chi connectivity index (χ0v) is 16.5. The Morgan fingerprint density at radius 2 is 1.77 bits per heavy atom. The highest BCUT2D eigenvalue weighted by Gasteiger charge is 2.44. The molecule has 2 N–H and O–H groups in total. The summed E-state index contributed by atoms with van der Waals surface area (Å²) in [6.07, 6.45) is 0.953. The maximum Gasteiger partial charge on any atom is 0.337 e. The quantitative estimate of drug-likeness (QED) is 0.598. The largest absolute Gasteiger partial charge is 0.465 e. The molecule has 144 valence electrons. The minimum atomic E-state index is -1.14. The average molecular weight is 381 g/mol. The molecule has 1 atom stereocenters. The first-order valence-electron chi connectivity index (χ1n) is 8.66. The van der Waals surface area contributed by atoms with Crippen molar-refractivity contribution in [2.75, 3.05) is 20.2 Å². The number of hydrogen-bond acceptors (Lipinski definition) is 7. The van der Waals surface area contributed by atoms with Crippen LogP contribution in [0.2, 0.25) is 0 Å². The van der Waals surface area contributed by atoms with Crippen molar-refractivity contribution in [3.05, 3.63) is 29.8 Å². The van der Waals surface area contributed by atoms with Crippen molar-refractivity contribution < 1.29 is 24.2 Å². The molecule has 1 aromatic rings. The van der Waals surface area contributed by atoms with Crippen LogP contribution in [-0.4, -0.2) is 53.7 Å². The van der Waals surface area contributed by atoms with Gasteiger partial charge in [-0.1, -0.05) is 0 Å². The van der Waals surface area contributed by atoms with E-state index in [1.54, 1.807) is 24.3 Å². The maximum atomic E-state index is 12.8. The molecule has 1 aliphatic rings. The second-order valence-corrected chi connectivity index (χ2v) is 8.58. The third-order valence-corrected chi connectivity index (χ3v) is 5.52. The highest BCUT2D eigenvalue weighted by atomic mass is 32.2. The molecule has 26 heavy (non-hydrogen) atoms. The minimum Gasteiger partial charge on any atom is -0.465 e. The molecular weight excluding hydrogens is 354 g/mol. The summed E-state index contributed by atoms with van der Waals surface area (Å²) in [4.78, 5) is 25.1. The molecule has 0 saturated carbocycles. The van der Waals surface area contributed by atoms with Gasteiger partial charge >= 0.3 is 11.9 Å². The Morgan fingerprint density at radius 1 is 1.19 bits per heavy atom. The van der Waals surface area contributed by atoms with Gasteiger partial charge in [-0.3, -0.25) is 4.79 Å². The SMILES string of the molecule is COC(=O)c1ccc(SC(C(=O)OC(C)(C)C)C2(O)CCNCC2)cc1. The van der Waals surface area contributed by atoms with Gasteiger partial charge in [0.2, 0.25) is 0 Å². The molecular formula is C19H27NO5S. The molecule has 1 aromatic carbocycles. The molecule has 1 heterocycles. The van der Waals surface area contributed by atoms with Crippen molar-refractivity contribution in [2.45, 2.75) is 55.0 Å². The fraction of sp³-hybridized carbons (Fsp3) is 0.579. The molecule has 1 saturated heterocycles. The number of methoxy groups -OCH3 is 1. The molecule has 2 rings (SSSR count). The van der Waals surface area contributed by atoms with Gasteiger partial charge in [0, 0.05) is 4.90 Å². The van der Waals surface area contributed by atoms with Crippen molar-refractivity contribution >= 4 is 23.7 Å². The fourth-order valence-corrected chi connectivity index (χ4v) is 3.94. The summed E-state index contributed by atoms with van der Waals surface area (Å²) in [5.41, 5.74) is -1.33. The van der Waals surface area contributed by atoms with E-state index in [2.05, 4.69) is 5.32 Å². The van der Waals surface area contributed by atoms with E-state index in [0.717, 1.165) is 4.90 Å². The van der Waals surface area contributed by atoms with Gasteiger partial charge in [0.05, 0.1) is 18.3 Å². The minimum absolute atomic E-state index is 0.415. The molecule has 0 aliphatic carbocycles. The number of carbonyl (C=O) groups is 2. The number of hydrogen-bond donors (Lipinski definition) is 2. The van der Waals surface area contributed by atoms with Crippen molar-refractivity contribution in [1.29, 1.82) is 0 Å². The Bertz CT molecular complexity index is 632. The number of aliphatic hydroxyl groups is 1. The molecule has 0 spiro atoms. The van der Waals surface area contributed by atoms with E-state index in [1.165, 1.54) is 18.9 Å². The Morgan fingerprint density at radius 3 is 2.27 bits per heavy atom. The van der Waals surface area contributed by atoms with Crippen LogP contribution in [0.4, 0.5) is 0 Å². The lowest BCUT2D eigenvalue weighted by Gasteiger charge is -2.38. The van der Waals surface area contributed by atoms with Crippen LogP contribution < -0.4 is 5.32 Å². The first-order chi connectivity index (χ1) is 12.1. The first kappa shape index (κ1) is 20.7. The van der Waals surface area contributed by atoms with Crippen LogP contribution in [-0.2, 0) is 14.3 Å². The summed E-state index contributed by atoms with van der Waals surface area (Å²) in [6.45, 7) is 6.73. The molecule has 7 heteroatoms. The van der Waals surface area contributed by atoms with Crippen LogP contribution in [0.1, 0.15) is 44.0 Å². The van der Waals surface area contributed by atoms with Crippen LogP contribution in [0.5, 0.6) is 0 Å². The molecule has 0 bridgehead atoms. The van der Waals surface area contributed by atoms with E-state index in [0.29, 0.717) is 31.5 Å². The number of thioether (sulfide) groups is 1. The van der Waals surface area contributed by atoms with E-state index in [9.17, 15) is 14.7 Å². The molecule has 0 radical (unpaired) electrons. The van der Waals surface area contributed by atoms with E-state index >= 15 is 0 Å². The molecule has 1 unspecified atom stereocenters. The second kappa shape index (κ2) is 8.41. The number of piperidine rings is 1. The summed E-state index contributed by atoms with van der Waals surface area (Å²) >= 11 is 1.27. The second-order valence-electron chi connectivity index (χ2n) is 7.40. The number of nitrogens with one attached hydrogen (secondary N) is 1. The summed E-state index contributed by atoms with van der Waals surface area (Å²) in [5, 5.41) is 13.6. The third-order valence-electron chi connectivity index (χ3n) is 4.11. The maximum absolute atomic E-state index is 12.8. The third kappa shape index (κ3) is 5.46. The first-order valence-corrected chi connectivity index (χ1v) is 9.53. The van der Waals surface area contributed by atoms with Gasteiger partial charge in [-0.05, 0) is 71.0 Å². The van der Waals surface area contributed by atoms with Gasteiger partial charge in [0.1, 0.15) is 10.9 Å². The lowest BCUT2D eigenvalue weighted by atomic mass is 9.88. The lowest BCUT2D eigenvalue weighted by Crippen LogP contribution is -2.53. The van der Waals surface area contributed by atoms with Crippen molar-refractivity contribution in [3.8, 4) is 0 Å². The van der Waals surface area contributed by atoms with Gasteiger partial charge in [0.25, 0.3) is 0 Å². The van der Waals surface area contributed by atoms with E-state index in [4.69, 9.17) is 9.47 Å². The zero-order chi connectivity index (χ0) is 19.4. The highest BCUT2D eigenvalue weighted by molar-refractivity contribution is 8.00. The molecule has 1 aliphatic heterocycles. The molecule has 6 nitrogen and oxygen atoms in total. The number of carbonyl (C=O) groups excluding carboxylic acids is 2. The normalized spacial score (nSPS) is 18.0. The van der Waals surface area contributed by atoms with Crippen LogP contribution in [0.25, 0.3) is 0 Å². The monoisotopic (exact) mass is 381 g/mol. The summed E-state index contributed by atoms with van der Waals surface area (Å²) < 4.78 is 10.3. The Hall–Kier alpha value is -1.57. The van der Waals surface area contributed by atoms with Crippen molar-refractivity contribution in [2.24, 2.45) is 0 Å². The topological polar surface area (TPSA) is 84.9 Å². The Kier molecular flexibility index (Phi) is 6.71. The predicted octanol–water partition coefficient (Wildman–Crippen LogP) is 2.39. The van der Waals surface area contributed by atoms with Gasteiger partial charge in [-0.15, -0.1) is 11.8 Å². The molecule has 0 amide bonds. The summed E-state index contributed by atoms with van der Waals surface area (Å²) in [7, 11) is 1.33. The number of esters is 2. The highest BCUT2D eigenvalue weighted by Crippen LogP contribution is 2.37. The van der Waals surface area contributed by atoms with Gasteiger partial charge in [-0.25, -0.2) is 4.79 Å². The Balaban J connectivity index is 2.23. The molecule has 0 aromatic heterocycles.